The van der Waals surface area contributed by atoms with Gasteiger partial charge in [-0.05, 0) is 62.0 Å². The van der Waals surface area contributed by atoms with Crippen molar-refractivity contribution in [3.8, 4) is 5.75 Å². The van der Waals surface area contributed by atoms with Gasteiger partial charge in [0.25, 0.3) is 0 Å². The van der Waals surface area contributed by atoms with Crippen LogP contribution in [-0.2, 0) is 6.18 Å². The van der Waals surface area contributed by atoms with Gasteiger partial charge >= 0.3 is 6.18 Å². The third kappa shape index (κ3) is 3.96. The van der Waals surface area contributed by atoms with E-state index in [0.29, 0.717) is 41.4 Å². The molecule has 1 aromatic carbocycles. The number of ether oxygens (including phenoxy) is 1. The number of aliphatic hydroxyl groups is 1. The molecule has 2 aromatic rings. The normalized spacial score (nSPS) is 30.9. The van der Waals surface area contributed by atoms with Crippen LogP contribution in [0.4, 0.5) is 30.5 Å². The number of halogens is 4. The number of alkyl halides is 3. The smallest absolute Gasteiger partial charge is 0.420 e. The van der Waals surface area contributed by atoms with Crippen molar-refractivity contribution in [3.63, 3.8) is 0 Å². The van der Waals surface area contributed by atoms with Gasteiger partial charge in [-0.3, -0.25) is 0 Å². The largest absolute Gasteiger partial charge is 0.494 e. The maximum atomic E-state index is 12.9. The van der Waals surface area contributed by atoms with Crippen LogP contribution in [-0.4, -0.2) is 33.8 Å². The Kier molecular flexibility index (Phi) is 5.16. The summed E-state index contributed by atoms with van der Waals surface area (Å²) in [7, 11) is 1.52. The van der Waals surface area contributed by atoms with Gasteiger partial charge in [0, 0.05) is 24.0 Å². The van der Waals surface area contributed by atoms with Gasteiger partial charge in [0.15, 0.2) is 0 Å². The van der Waals surface area contributed by atoms with Gasteiger partial charge in [0.1, 0.15) is 16.5 Å². The number of hydrogen-bond acceptors (Lipinski definition) is 6. The van der Waals surface area contributed by atoms with Gasteiger partial charge in [-0.25, -0.2) is 9.97 Å². The molecule has 4 saturated carbocycles. The van der Waals surface area contributed by atoms with Crippen LogP contribution in [0.5, 0.6) is 5.75 Å². The zero-order valence-electron chi connectivity index (χ0n) is 17.4. The number of benzene rings is 1. The maximum Gasteiger partial charge on any atom is 0.420 e. The zero-order chi connectivity index (χ0) is 22.7. The predicted molar refractivity (Wildman–Crippen MR) is 114 cm³/mol. The standard InChI is InChI=1S/C22H24ClF3N4O2/c1-32-17-6-14(28-18-12-4-11-5-13(18)9-21(31,7-11)8-12)2-3-16(17)29-20-27-10-15(19(23)30-20)22(24,25)26/h2-3,6,10-13,18,28,31H,4-5,7-9H2,1H3,(H,27,29,30)/t11?,12?,13?,18-,21-. The molecule has 0 radical (unpaired) electrons. The number of rotatable bonds is 5. The van der Waals surface area contributed by atoms with Gasteiger partial charge in [-0.2, -0.15) is 13.2 Å². The number of hydrogen-bond donors (Lipinski definition) is 3. The molecule has 0 amide bonds. The zero-order valence-corrected chi connectivity index (χ0v) is 18.2. The molecule has 0 saturated heterocycles. The summed E-state index contributed by atoms with van der Waals surface area (Å²) in [5.41, 5.74) is -0.170. The van der Waals surface area contributed by atoms with E-state index in [-0.39, 0.29) is 5.95 Å². The fourth-order valence-corrected chi connectivity index (χ4v) is 6.26. The highest BCUT2D eigenvalue weighted by atomic mass is 35.5. The Balaban J connectivity index is 1.32. The molecule has 4 fully saturated rings. The molecule has 0 spiro atoms. The molecule has 6 nitrogen and oxygen atoms in total. The first-order valence-corrected chi connectivity index (χ1v) is 11.0. The number of methoxy groups -OCH3 is 1. The van der Waals surface area contributed by atoms with Crippen molar-refractivity contribution in [1.82, 2.24) is 9.97 Å². The Labute approximate surface area is 188 Å². The second kappa shape index (κ2) is 7.66. The molecule has 0 aliphatic heterocycles. The number of nitrogens with one attached hydrogen (secondary N) is 2. The quantitative estimate of drug-likeness (QED) is 0.520. The summed E-state index contributed by atoms with van der Waals surface area (Å²) in [4.78, 5) is 7.44. The van der Waals surface area contributed by atoms with Crippen molar-refractivity contribution in [2.75, 3.05) is 17.7 Å². The summed E-state index contributed by atoms with van der Waals surface area (Å²) < 4.78 is 44.1. The van der Waals surface area contributed by atoms with E-state index in [1.54, 1.807) is 6.07 Å². The minimum Gasteiger partial charge on any atom is -0.494 e. The van der Waals surface area contributed by atoms with E-state index in [1.165, 1.54) is 7.11 Å². The van der Waals surface area contributed by atoms with Crippen molar-refractivity contribution >= 4 is 28.9 Å². The van der Waals surface area contributed by atoms with E-state index in [0.717, 1.165) is 37.8 Å². The van der Waals surface area contributed by atoms with Gasteiger partial charge in [0.05, 0.1) is 18.4 Å². The predicted octanol–water partition coefficient (Wildman–Crippen LogP) is 5.25. The first-order valence-electron chi connectivity index (χ1n) is 10.7. The molecule has 1 aromatic heterocycles. The number of aromatic nitrogens is 2. The lowest BCUT2D eigenvalue weighted by Gasteiger charge is -2.58. The minimum atomic E-state index is -4.62. The molecule has 4 aliphatic carbocycles. The van der Waals surface area contributed by atoms with E-state index >= 15 is 0 Å². The lowest BCUT2D eigenvalue weighted by Crippen LogP contribution is -2.58. The molecule has 32 heavy (non-hydrogen) atoms. The molecule has 4 bridgehead atoms. The summed E-state index contributed by atoms with van der Waals surface area (Å²) >= 11 is 5.69. The molecular formula is C22H24ClF3N4O2. The van der Waals surface area contributed by atoms with E-state index < -0.39 is 22.5 Å². The number of anilines is 3. The van der Waals surface area contributed by atoms with Crippen LogP contribution in [0.3, 0.4) is 0 Å². The second-order valence-corrected chi connectivity index (χ2v) is 9.66. The van der Waals surface area contributed by atoms with Crippen molar-refractivity contribution in [1.29, 1.82) is 0 Å². The Morgan fingerprint density at radius 3 is 2.50 bits per heavy atom. The summed E-state index contributed by atoms with van der Waals surface area (Å²) in [6.07, 6.45) is 0.977. The van der Waals surface area contributed by atoms with Crippen LogP contribution in [0, 0.1) is 17.8 Å². The van der Waals surface area contributed by atoms with Crippen molar-refractivity contribution in [2.24, 2.45) is 17.8 Å². The third-order valence-electron chi connectivity index (χ3n) is 7.07. The Morgan fingerprint density at radius 1 is 1.19 bits per heavy atom. The summed E-state index contributed by atoms with van der Waals surface area (Å²) in [5, 5.41) is 16.6. The maximum absolute atomic E-state index is 12.9. The lowest BCUT2D eigenvalue weighted by atomic mass is 9.52. The third-order valence-corrected chi connectivity index (χ3v) is 7.36. The van der Waals surface area contributed by atoms with E-state index in [4.69, 9.17) is 16.3 Å². The highest BCUT2D eigenvalue weighted by Gasteiger charge is 2.54. The summed E-state index contributed by atoms with van der Waals surface area (Å²) in [5.74, 6) is 1.98. The lowest BCUT2D eigenvalue weighted by molar-refractivity contribution is -0.138. The molecule has 172 valence electrons. The summed E-state index contributed by atoms with van der Waals surface area (Å²) in [6, 6.07) is 5.80. The average molecular weight is 469 g/mol. The van der Waals surface area contributed by atoms with Gasteiger partial charge in [-0.15, -0.1) is 0 Å². The molecule has 2 unspecified atom stereocenters. The van der Waals surface area contributed by atoms with Crippen LogP contribution in [0.2, 0.25) is 5.15 Å². The van der Waals surface area contributed by atoms with Gasteiger partial charge < -0.3 is 20.5 Å². The Hall–Kier alpha value is -2.26. The second-order valence-electron chi connectivity index (χ2n) is 9.30. The van der Waals surface area contributed by atoms with Crippen LogP contribution < -0.4 is 15.4 Å². The highest BCUT2D eigenvalue weighted by Crippen LogP contribution is 2.56. The Bertz CT molecular complexity index is 1020. The summed E-state index contributed by atoms with van der Waals surface area (Å²) in [6.45, 7) is 0. The van der Waals surface area contributed by atoms with Crippen molar-refractivity contribution < 1.29 is 23.0 Å². The molecule has 2 atom stereocenters. The topological polar surface area (TPSA) is 79.3 Å². The highest BCUT2D eigenvalue weighted by molar-refractivity contribution is 6.30. The molecule has 1 heterocycles. The fraction of sp³-hybridized carbons (Fsp3) is 0.545. The van der Waals surface area contributed by atoms with Crippen molar-refractivity contribution in [3.05, 3.63) is 35.1 Å². The first-order chi connectivity index (χ1) is 15.1. The average Bonchev–Trinajstić information content (AvgIpc) is 2.69. The van der Waals surface area contributed by atoms with Crippen LogP contribution >= 0.6 is 11.6 Å². The van der Waals surface area contributed by atoms with Crippen LogP contribution in [0.1, 0.15) is 37.7 Å². The van der Waals surface area contributed by atoms with Crippen molar-refractivity contribution in [2.45, 2.75) is 49.9 Å². The minimum absolute atomic E-state index is 0.0590. The van der Waals surface area contributed by atoms with Crippen LogP contribution in [0.25, 0.3) is 0 Å². The number of nitrogens with zero attached hydrogens (tertiary/aromatic N) is 2. The first kappa shape index (κ1) is 21.6. The SMILES string of the molecule is COc1cc(N[C@H]2C3CC4CC2C[C@](O)(C4)C3)ccc1Nc1ncc(C(F)(F)F)c(Cl)n1. The molecule has 3 N–H and O–H groups in total. The van der Waals surface area contributed by atoms with E-state index in [2.05, 4.69) is 20.6 Å². The van der Waals surface area contributed by atoms with Gasteiger partial charge in [-0.1, -0.05) is 11.6 Å². The van der Waals surface area contributed by atoms with Crippen LogP contribution in [0.15, 0.2) is 24.4 Å². The fourth-order valence-electron chi connectivity index (χ4n) is 6.03. The van der Waals surface area contributed by atoms with Gasteiger partial charge in [0.2, 0.25) is 5.95 Å². The van der Waals surface area contributed by atoms with E-state index in [9.17, 15) is 18.3 Å². The molecule has 6 rings (SSSR count). The molecule has 10 heteroatoms. The Morgan fingerprint density at radius 2 is 1.91 bits per heavy atom. The monoisotopic (exact) mass is 468 g/mol. The van der Waals surface area contributed by atoms with E-state index in [1.807, 2.05) is 12.1 Å². The molecule has 4 aliphatic rings. The molecular weight excluding hydrogens is 445 g/mol.